The van der Waals surface area contributed by atoms with Crippen molar-refractivity contribution in [3.8, 4) is 11.3 Å². The quantitative estimate of drug-likeness (QED) is 0.383. The Morgan fingerprint density at radius 2 is 1.87 bits per heavy atom. The van der Waals surface area contributed by atoms with E-state index in [9.17, 15) is 0 Å². The molecule has 1 aromatic carbocycles. The predicted octanol–water partition coefficient (Wildman–Crippen LogP) is 4.90. The molecule has 1 aliphatic rings. The molecule has 8 heteroatoms. The molecule has 2 aromatic heterocycles. The number of ether oxygens (including phenoxy) is 2. The van der Waals surface area contributed by atoms with E-state index in [0.29, 0.717) is 11.8 Å². The minimum absolute atomic E-state index is 0.449. The van der Waals surface area contributed by atoms with Gasteiger partial charge in [-0.15, -0.1) is 0 Å². The maximum absolute atomic E-state index is 6.55. The van der Waals surface area contributed by atoms with Gasteiger partial charge in [0.25, 0.3) is 0 Å². The first kappa shape index (κ1) is 21.3. The average Bonchev–Trinajstić information content (AvgIpc) is 3.12. The van der Waals surface area contributed by atoms with Crippen molar-refractivity contribution < 1.29 is 9.47 Å². The molecule has 30 heavy (non-hydrogen) atoms. The third-order valence-electron chi connectivity index (χ3n) is 5.29. The minimum atomic E-state index is -1.10. The Labute approximate surface area is 183 Å². The Morgan fingerprint density at radius 3 is 2.57 bits per heavy atom. The fraction of sp³-hybridized carbons (Fsp3) is 0.455. The third kappa shape index (κ3) is 5.03. The van der Waals surface area contributed by atoms with Crippen LogP contribution in [0.3, 0.4) is 0 Å². The number of hydrogen-bond donors (Lipinski definition) is 0. The molecule has 1 fully saturated rings. The first-order valence-electron chi connectivity index (χ1n) is 10.4. The number of benzene rings is 1. The highest BCUT2D eigenvalue weighted by Crippen LogP contribution is 2.30. The summed E-state index contributed by atoms with van der Waals surface area (Å²) < 4.78 is 13.3. The molecule has 0 atom stereocenters. The van der Waals surface area contributed by atoms with Crippen LogP contribution >= 0.6 is 11.6 Å². The van der Waals surface area contributed by atoms with E-state index < -0.39 is 8.07 Å². The Balaban J connectivity index is 1.53. The van der Waals surface area contributed by atoms with Gasteiger partial charge in [0.2, 0.25) is 0 Å². The van der Waals surface area contributed by atoms with Gasteiger partial charge in [0.05, 0.1) is 30.3 Å². The Bertz CT molecular complexity index is 995. The molecule has 1 saturated heterocycles. The lowest BCUT2D eigenvalue weighted by Gasteiger charge is -2.28. The summed E-state index contributed by atoms with van der Waals surface area (Å²) in [6.07, 6.45) is 1.77. The van der Waals surface area contributed by atoms with Crippen molar-refractivity contribution in [2.24, 2.45) is 0 Å². The van der Waals surface area contributed by atoms with Crippen molar-refractivity contribution in [3.05, 3.63) is 41.7 Å². The number of hydrogen-bond acceptors (Lipinski definition) is 5. The van der Waals surface area contributed by atoms with Gasteiger partial charge >= 0.3 is 0 Å². The monoisotopic (exact) mass is 444 g/mol. The van der Waals surface area contributed by atoms with Crippen LogP contribution in [0.2, 0.25) is 30.7 Å². The SMILES string of the molecule is C[Si](C)(C)CCOCn1cnc2cc(Cl)c(-c3ccc(N4CCOCC4)cc3)nc21. The number of rotatable bonds is 7. The zero-order valence-electron chi connectivity index (χ0n) is 17.9. The standard InChI is InChI=1S/C22H29ClN4O2Si/c1-30(2,3)13-12-29-16-27-15-24-20-14-19(23)21(25-22(20)27)17-4-6-18(7-5-17)26-8-10-28-11-9-26/h4-7,14-15H,8-13,16H2,1-3H3. The number of imidazole rings is 1. The molecule has 0 unspecified atom stereocenters. The summed E-state index contributed by atoms with van der Waals surface area (Å²) in [6, 6.07) is 11.4. The lowest BCUT2D eigenvalue weighted by molar-refractivity contribution is 0.0895. The Hall–Kier alpha value is -1.93. The van der Waals surface area contributed by atoms with Gasteiger partial charge in [-0.05, 0) is 24.2 Å². The van der Waals surface area contributed by atoms with Crippen LogP contribution in [0.25, 0.3) is 22.4 Å². The number of pyridine rings is 1. The number of fused-ring (bicyclic) bond motifs is 1. The first-order chi connectivity index (χ1) is 14.4. The average molecular weight is 445 g/mol. The summed E-state index contributed by atoms with van der Waals surface area (Å²) in [5.74, 6) is 0. The van der Waals surface area contributed by atoms with Crippen molar-refractivity contribution in [1.82, 2.24) is 14.5 Å². The van der Waals surface area contributed by atoms with E-state index in [0.717, 1.165) is 61.4 Å². The number of anilines is 1. The minimum Gasteiger partial charge on any atom is -0.378 e. The van der Waals surface area contributed by atoms with Crippen LogP contribution in [-0.4, -0.2) is 55.5 Å². The number of halogens is 1. The van der Waals surface area contributed by atoms with Crippen LogP contribution in [0.5, 0.6) is 0 Å². The molecule has 0 amide bonds. The van der Waals surface area contributed by atoms with E-state index in [1.165, 1.54) is 5.69 Å². The van der Waals surface area contributed by atoms with Gasteiger partial charge in [0.15, 0.2) is 5.65 Å². The number of morpholine rings is 1. The van der Waals surface area contributed by atoms with Crippen LogP contribution in [0.1, 0.15) is 0 Å². The van der Waals surface area contributed by atoms with Gasteiger partial charge in [-0.25, -0.2) is 9.97 Å². The summed E-state index contributed by atoms with van der Waals surface area (Å²) in [5, 5.41) is 0.603. The molecule has 0 aliphatic carbocycles. The van der Waals surface area contributed by atoms with Gasteiger partial charge in [-0.2, -0.15) is 0 Å². The lowest BCUT2D eigenvalue weighted by atomic mass is 10.1. The topological polar surface area (TPSA) is 52.4 Å². The van der Waals surface area contributed by atoms with Crippen LogP contribution in [0.4, 0.5) is 5.69 Å². The zero-order valence-corrected chi connectivity index (χ0v) is 19.7. The molecular weight excluding hydrogens is 416 g/mol. The molecule has 0 saturated carbocycles. The van der Waals surface area contributed by atoms with Gasteiger partial charge in [-0.3, -0.25) is 4.57 Å². The lowest BCUT2D eigenvalue weighted by Crippen LogP contribution is -2.36. The molecular formula is C22H29ClN4O2Si. The van der Waals surface area contributed by atoms with Crippen LogP contribution in [-0.2, 0) is 16.2 Å². The summed E-state index contributed by atoms with van der Waals surface area (Å²) in [6.45, 7) is 11.6. The van der Waals surface area contributed by atoms with Gasteiger partial charge in [0, 0.05) is 39.0 Å². The van der Waals surface area contributed by atoms with Crippen molar-refractivity contribution in [3.63, 3.8) is 0 Å². The largest absolute Gasteiger partial charge is 0.378 e. The maximum atomic E-state index is 6.55. The van der Waals surface area contributed by atoms with Crippen molar-refractivity contribution >= 4 is 36.5 Å². The van der Waals surface area contributed by atoms with Crippen LogP contribution in [0, 0.1) is 0 Å². The zero-order chi connectivity index (χ0) is 21.1. The molecule has 0 radical (unpaired) electrons. The molecule has 4 rings (SSSR count). The molecule has 0 spiro atoms. The maximum Gasteiger partial charge on any atom is 0.162 e. The Kier molecular flexibility index (Phi) is 6.43. The highest BCUT2D eigenvalue weighted by atomic mass is 35.5. The third-order valence-corrected chi connectivity index (χ3v) is 7.28. The van der Waals surface area contributed by atoms with Crippen LogP contribution in [0.15, 0.2) is 36.7 Å². The summed E-state index contributed by atoms with van der Waals surface area (Å²) in [4.78, 5) is 11.6. The Morgan fingerprint density at radius 1 is 1.13 bits per heavy atom. The fourth-order valence-electron chi connectivity index (χ4n) is 3.45. The number of aromatic nitrogens is 3. The van der Waals surface area contributed by atoms with E-state index in [4.69, 9.17) is 26.1 Å². The molecule has 1 aliphatic heterocycles. The van der Waals surface area contributed by atoms with Crippen LogP contribution < -0.4 is 4.90 Å². The number of nitrogens with zero attached hydrogens (tertiary/aromatic N) is 4. The van der Waals surface area contributed by atoms with Crippen molar-refractivity contribution in [2.45, 2.75) is 32.4 Å². The normalized spacial score (nSPS) is 15.1. The van der Waals surface area contributed by atoms with E-state index in [1.54, 1.807) is 6.33 Å². The predicted molar refractivity (Wildman–Crippen MR) is 125 cm³/mol. The molecule has 6 nitrogen and oxygen atoms in total. The second-order valence-corrected chi connectivity index (χ2v) is 14.9. The molecule has 0 bridgehead atoms. The van der Waals surface area contributed by atoms with Gasteiger partial charge in [0.1, 0.15) is 12.2 Å². The molecule has 3 heterocycles. The van der Waals surface area contributed by atoms with E-state index in [2.05, 4.69) is 53.8 Å². The summed E-state index contributed by atoms with van der Waals surface area (Å²) in [5.41, 5.74) is 4.52. The smallest absolute Gasteiger partial charge is 0.162 e. The first-order valence-corrected chi connectivity index (χ1v) is 14.5. The molecule has 0 N–H and O–H groups in total. The molecule has 160 valence electrons. The second kappa shape index (κ2) is 9.06. The molecule has 3 aromatic rings. The fourth-order valence-corrected chi connectivity index (χ4v) is 4.46. The van der Waals surface area contributed by atoms with Crippen molar-refractivity contribution in [1.29, 1.82) is 0 Å². The summed E-state index contributed by atoms with van der Waals surface area (Å²) in [7, 11) is -1.10. The van der Waals surface area contributed by atoms with E-state index >= 15 is 0 Å². The highest BCUT2D eigenvalue weighted by Gasteiger charge is 2.15. The van der Waals surface area contributed by atoms with E-state index in [1.807, 2.05) is 10.6 Å². The van der Waals surface area contributed by atoms with Crippen molar-refractivity contribution in [2.75, 3.05) is 37.8 Å². The summed E-state index contributed by atoms with van der Waals surface area (Å²) >= 11 is 6.55. The van der Waals surface area contributed by atoms with Gasteiger partial charge in [-0.1, -0.05) is 43.4 Å². The highest BCUT2D eigenvalue weighted by molar-refractivity contribution is 6.76. The van der Waals surface area contributed by atoms with E-state index in [-0.39, 0.29) is 0 Å². The van der Waals surface area contributed by atoms with Gasteiger partial charge < -0.3 is 14.4 Å². The second-order valence-electron chi connectivity index (χ2n) is 8.87.